The Morgan fingerprint density at radius 3 is 2.84 bits per heavy atom. The summed E-state index contributed by atoms with van der Waals surface area (Å²) in [5, 5.41) is 2.13. The summed E-state index contributed by atoms with van der Waals surface area (Å²) in [5.74, 6) is 0.115. The van der Waals surface area contributed by atoms with Crippen LogP contribution >= 0.6 is 0 Å². The van der Waals surface area contributed by atoms with E-state index in [2.05, 4.69) is 17.1 Å². The lowest BCUT2D eigenvalue weighted by molar-refractivity contribution is -0.145. The molecule has 0 radical (unpaired) electrons. The smallest absolute Gasteiger partial charge is 0.309 e. The molecular formula is C24H27N3O4. The SMILES string of the molecule is COC(=O)C1CCc2c(ncn2C(CCCC(N)=O)Oc2cccc3ccccc23)C1. The molecule has 1 aliphatic carbocycles. The van der Waals surface area contributed by atoms with Gasteiger partial charge in [0.2, 0.25) is 5.91 Å². The Hall–Kier alpha value is -3.35. The molecule has 0 aliphatic heterocycles. The molecule has 2 unspecified atom stereocenters. The molecule has 0 fully saturated rings. The summed E-state index contributed by atoms with van der Waals surface area (Å²) in [5.41, 5.74) is 7.33. The van der Waals surface area contributed by atoms with Crippen molar-refractivity contribution in [2.45, 2.75) is 44.8 Å². The molecule has 7 heteroatoms. The molecule has 1 heterocycles. The third-order valence-electron chi connectivity index (χ3n) is 5.88. The number of carbonyl (C=O) groups is 2. The van der Waals surface area contributed by atoms with Crippen molar-refractivity contribution in [3.05, 3.63) is 60.2 Å². The highest BCUT2D eigenvalue weighted by Crippen LogP contribution is 2.33. The van der Waals surface area contributed by atoms with E-state index < -0.39 is 0 Å². The molecule has 0 spiro atoms. The number of aromatic nitrogens is 2. The predicted molar refractivity (Wildman–Crippen MR) is 116 cm³/mol. The number of primary amides is 1. The van der Waals surface area contributed by atoms with Crippen molar-refractivity contribution in [3.63, 3.8) is 0 Å². The fraction of sp³-hybridized carbons (Fsp3) is 0.375. The first-order valence-corrected chi connectivity index (χ1v) is 10.6. The minimum Gasteiger partial charge on any atom is -0.470 e. The summed E-state index contributed by atoms with van der Waals surface area (Å²) in [6.45, 7) is 0. The summed E-state index contributed by atoms with van der Waals surface area (Å²) in [7, 11) is 1.42. The van der Waals surface area contributed by atoms with Gasteiger partial charge >= 0.3 is 5.97 Å². The van der Waals surface area contributed by atoms with Crippen LogP contribution in [0.15, 0.2) is 48.8 Å². The number of nitrogens with two attached hydrogens (primary N) is 1. The summed E-state index contributed by atoms with van der Waals surface area (Å²) in [6, 6.07) is 14.1. The van der Waals surface area contributed by atoms with Crippen molar-refractivity contribution >= 4 is 22.6 Å². The molecule has 7 nitrogen and oxygen atoms in total. The summed E-state index contributed by atoms with van der Waals surface area (Å²) in [6.07, 6.45) is 5.00. The standard InChI is InChI=1S/C24H27N3O4/c1-30-24(29)17-12-13-20-19(14-17)26-15-27(20)23(11-5-10-22(25)28)31-21-9-4-7-16-6-2-3-8-18(16)21/h2-4,6-9,15,17,23H,5,10-14H2,1H3,(H2,25,28). The van der Waals surface area contributed by atoms with E-state index in [-0.39, 0.29) is 24.0 Å². The number of esters is 1. The molecule has 0 saturated heterocycles. The molecule has 162 valence electrons. The van der Waals surface area contributed by atoms with Crippen LogP contribution in [-0.2, 0) is 27.2 Å². The van der Waals surface area contributed by atoms with Crippen LogP contribution in [-0.4, -0.2) is 28.5 Å². The normalized spacial score (nSPS) is 16.5. The zero-order valence-electron chi connectivity index (χ0n) is 17.6. The van der Waals surface area contributed by atoms with Crippen molar-refractivity contribution in [1.82, 2.24) is 9.55 Å². The number of nitrogens with zero attached hydrogens (tertiary/aromatic N) is 2. The van der Waals surface area contributed by atoms with E-state index in [1.165, 1.54) is 7.11 Å². The number of amides is 1. The molecular weight excluding hydrogens is 394 g/mol. The second-order valence-electron chi connectivity index (χ2n) is 7.92. The Morgan fingerprint density at radius 2 is 2.03 bits per heavy atom. The Labute approximate surface area is 181 Å². The van der Waals surface area contributed by atoms with Gasteiger partial charge in [-0.15, -0.1) is 0 Å². The van der Waals surface area contributed by atoms with Gasteiger partial charge in [-0.1, -0.05) is 36.4 Å². The van der Waals surface area contributed by atoms with Crippen LogP contribution in [0.3, 0.4) is 0 Å². The van der Waals surface area contributed by atoms with Crippen molar-refractivity contribution in [2.75, 3.05) is 7.11 Å². The molecule has 2 aromatic carbocycles. The number of hydrogen-bond acceptors (Lipinski definition) is 5. The van der Waals surface area contributed by atoms with E-state index in [1.807, 2.05) is 34.9 Å². The third-order valence-corrected chi connectivity index (χ3v) is 5.88. The van der Waals surface area contributed by atoms with E-state index >= 15 is 0 Å². The second-order valence-corrected chi connectivity index (χ2v) is 7.92. The van der Waals surface area contributed by atoms with Gasteiger partial charge in [0.1, 0.15) is 5.75 Å². The Bertz CT molecular complexity index is 1090. The van der Waals surface area contributed by atoms with Gasteiger partial charge in [0.25, 0.3) is 0 Å². The number of hydrogen-bond donors (Lipinski definition) is 1. The van der Waals surface area contributed by atoms with Crippen molar-refractivity contribution in [2.24, 2.45) is 11.7 Å². The fourth-order valence-electron chi connectivity index (χ4n) is 4.28. The van der Waals surface area contributed by atoms with Crippen LogP contribution in [0, 0.1) is 5.92 Å². The lowest BCUT2D eigenvalue weighted by Gasteiger charge is -2.26. The minimum absolute atomic E-state index is 0.159. The molecule has 0 bridgehead atoms. The average molecular weight is 421 g/mol. The van der Waals surface area contributed by atoms with Gasteiger partial charge in [0.05, 0.1) is 25.0 Å². The second kappa shape index (κ2) is 9.20. The average Bonchev–Trinajstić information content (AvgIpc) is 3.21. The van der Waals surface area contributed by atoms with E-state index in [9.17, 15) is 9.59 Å². The molecule has 2 atom stereocenters. The zero-order valence-corrected chi connectivity index (χ0v) is 17.6. The maximum atomic E-state index is 12.0. The van der Waals surface area contributed by atoms with Crippen LogP contribution in [0.1, 0.15) is 43.3 Å². The largest absolute Gasteiger partial charge is 0.470 e. The first kappa shape index (κ1) is 20.9. The number of benzene rings is 2. The number of ether oxygens (including phenoxy) is 2. The molecule has 1 amide bonds. The first-order chi connectivity index (χ1) is 15.1. The van der Waals surface area contributed by atoms with E-state index in [0.29, 0.717) is 32.1 Å². The topological polar surface area (TPSA) is 96.4 Å². The lowest BCUT2D eigenvalue weighted by Crippen LogP contribution is -2.26. The highest BCUT2D eigenvalue weighted by Gasteiger charge is 2.30. The number of methoxy groups -OCH3 is 1. The van der Waals surface area contributed by atoms with Crippen molar-refractivity contribution in [1.29, 1.82) is 0 Å². The molecule has 3 aromatic rings. The van der Waals surface area contributed by atoms with Crippen LogP contribution in [0.5, 0.6) is 5.75 Å². The van der Waals surface area contributed by atoms with Gasteiger partial charge < -0.3 is 15.2 Å². The van der Waals surface area contributed by atoms with Gasteiger partial charge in [0, 0.05) is 30.3 Å². The summed E-state index contributed by atoms with van der Waals surface area (Å²) in [4.78, 5) is 27.8. The van der Waals surface area contributed by atoms with Gasteiger partial charge in [-0.25, -0.2) is 4.98 Å². The number of imidazole rings is 1. The van der Waals surface area contributed by atoms with Gasteiger partial charge in [-0.05, 0) is 30.7 Å². The Kier molecular flexibility index (Phi) is 6.21. The van der Waals surface area contributed by atoms with Crippen molar-refractivity contribution in [3.8, 4) is 5.75 Å². The van der Waals surface area contributed by atoms with Gasteiger partial charge in [0.15, 0.2) is 6.23 Å². The molecule has 0 saturated carbocycles. The monoisotopic (exact) mass is 421 g/mol. The zero-order chi connectivity index (χ0) is 21.8. The maximum Gasteiger partial charge on any atom is 0.309 e. The van der Waals surface area contributed by atoms with E-state index in [4.69, 9.17) is 15.2 Å². The van der Waals surface area contributed by atoms with Crippen LogP contribution in [0.25, 0.3) is 10.8 Å². The first-order valence-electron chi connectivity index (χ1n) is 10.6. The third kappa shape index (κ3) is 4.55. The quantitative estimate of drug-likeness (QED) is 0.561. The number of fused-ring (bicyclic) bond motifs is 2. The van der Waals surface area contributed by atoms with Gasteiger partial charge in [-0.3, -0.25) is 14.2 Å². The molecule has 1 aromatic heterocycles. The van der Waals surface area contributed by atoms with Crippen LogP contribution in [0.4, 0.5) is 0 Å². The fourth-order valence-corrected chi connectivity index (χ4v) is 4.28. The minimum atomic E-state index is -0.323. The maximum absolute atomic E-state index is 12.0. The molecule has 1 aliphatic rings. The molecule has 2 N–H and O–H groups in total. The number of carbonyl (C=O) groups excluding carboxylic acids is 2. The summed E-state index contributed by atoms with van der Waals surface area (Å²) >= 11 is 0. The Morgan fingerprint density at radius 1 is 1.23 bits per heavy atom. The highest BCUT2D eigenvalue weighted by molar-refractivity contribution is 5.88. The molecule has 4 rings (SSSR count). The predicted octanol–water partition coefficient (Wildman–Crippen LogP) is 3.55. The van der Waals surface area contributed by atoms with Crippen LogP contribution in [0.2, 0.25) is 0 Å². The van der Waals surface area contributed by atoms with Crippen LogP contribution < -0.4 is 10.5 Å². The number of rotatable bonds is 8. The van der Waals surface area contributed by atoms with E-state index in [1.54, 1.807) is 6.33 Å². The van der Waals surface area contributed by atoms with Gasteiger partial charge in [-0.2, -0.15) is 0 Å². The molecule has 31 heavy (non-hydrogen) atoms. The van der Waals surface area contributed by atoms with Crippen molar-refractivity contribution < 1.29 is 19.1 Å². The summed E-state index contributed by atoms with van der Waals surface area (Å²) < 4.78 is 13.5. The Balaban J connectivity index is 1.62. The highest BCUT2D eigenvalue weighted by atomic mass is 16.5. The van der Waals surface area contributed by atoms with E-state index in [0.717, 1.165) is 34.3 Å². The lowest BCUT2D eigenvalue weighted by atomic mass is 9.89.